The number of esters is 1. The lowest BCUT2D eigenvalue weighted by Crippen LogP contribution is -2.57. The molecule has 0 aliphatic carbocycles. The van der Waals surface area contributed by atoms with Crippen molar-refractivity contribution in [1.82, 2.24) is 0 Å². The zero-order valence-corrected chi connectivity index (χ0v) is 23.1. The van der Waals surface area contributed by atoms with E-state index in [1.54, 1.807) is 6.92 Å². The summed E-state index contributed by atoms with van der Waals surface area (Å²) in [7, 11) is -7.17. The fraction of sp³-hybridized carbons (Fsp3) is 0.923. The molecule has 0 aromatic carbocycles. The van der Waals surface area contributed by atoms with E-state index < -0.39 is 50.4 Å². The van der Waals surface area contributed by atoms with Crippen LogP contribution in [0, 0.1) is 5.92 Å². The largest absolute Gasteiger partial charge is 0.539 e. The molecule has 1 rings (SSSR count). The Hall–Kier alpha value is 0.274. The summed E-state index contributed by atoms with van der Waals surface area (Å²) in [6, 6.07) is 0.469. The first-order valence-corrected chi connectivity index (χ1v) is 20.4. The summed E-state index contributed by atoms with van der Waals surface area (Å²) in [6.07, 6.45) is -0.0397. The third-order valence-corrected chi connectivity index (χ3v) is 21.7. The van der Waals surface area contributed by atoms with Crippen LogP contribution in [0.1, 0.15) is 6.92 Å². The van der Waals surface area contributed by atoms with Crippen LogP contribution in [-0.4, -0.2) is 78.0 Å². The summed E-state index contributed by atoms with van der Waals surface area (Å²) >= 11 is 0. The summed E-state index contributed by atoms with van der Waals surface area (Å²) < 4.78 is 45.9. The molecule has 0 radical (unpaired) electrons. The van der Waals surface area contributed by atoms with Crippen molar-refractivity contribution < 1.29 is 39.3 Å². The number of hydrogen-bond acceptors (Lipinski definition) is 9. The molecule has 27 heavy (non-hydrogen) atoms. The summed E-state index contributed by atoms with van der Waals surface area (Å²) in [5, 5.41) is 0. The quantitative estimate of drug-likeness (QED) is 0.379. The number of rotatable bonds is 8. The molecule has 160 valence electrons. The van der Waals surface area contributed by atoms with Gasteiger partial charge in [0.1, 0.15) is 0 Å². The molecule has 0 aromatic heterocycles. The third-order valence-electron chi connectivity index (χ3n) is 4.13. The predicted octanol–water partition coefficient (Wildman–Crippen LogP) is 1.14. The van der Waals surface area contributed by atoms with Gasteiger partial charge in [0.05, 0.1) is 5.92 Å². The van der Waals surface area contributed by atoms with E-state index in [-0.39, 0.29) is 12.2 Å². The minimum absolute atomic E-state index is 0.0397. The van der Waals surface area contributed by atoms with Crippen LogP contribution in [-0.2, 0) is 39.3 Å². The summed E-state index contributed by atoms with van der Waals surface area (Å²) in [5.41, 5.74) is 0. The molecule has 0 N–H and O–H groups in total. The van der Waals surface area contributed by atoms with E-state index in [1.807, 2.05) is 32.7 Å². The molecule has 1 aliphatic rings. The molecule has 0 saturated carbocycles. The van der Waals surface area contributed by atoms with Crippen LogP contribution < -0.4 is 0 Å². The number of carbonyl (C=O) groups is 1. The summed E-state index contributed by atoms with van der Waals surface area (Å²) in [6.45, 7) is 11.7. The highest BCUT2D eigenvalue weighted by Gasteiger charge is 2.45. The van der Waals surface area contributed by atoms with Crippen molar-refractivity contribution in [1.29, 1.82) is 0 Å². The minimum Gasteiger partial charge on any atom is -0.461 e. The van der Waals surface area contributed by atoms with Gasteiger partial charge in [-0.15, -0.1) is 0 Å². The van der Waals surface area contributed by atoms with Crippen molar-refractivity contribution in [2.45, 2.75) is 45.7 Å². The molecular formula is C13H34O9Si5. The lowest BCUT2D eigenvalue weighted by Gasteiger charge is -2.40. The molecule has 0 amide bonds. The zero-order valence-electron chi connectivity index (χ0n) is 17.8. The van der Waals surface area contributed by atoms with Crippen LogP contribution in [0.15, 0.2) is 0 Å². The molecule has 3 atom stereocenters. The second kappa shape index (κ2) is 10.3. The van der Waals surface area contributed by atoms with Crippen LogP contribution >= 0.6 is 0 Å². The highest BCUT2D eigenvalue weighted by Crippen LogP contribution is 2.27. The highest BCUT2D eigenvalue weighted by molar-refractivity contribution is 6.85. The fourth-order valence-corrected chi connectivity index (χ4v) is 21.0. The maximum Gasteiger partial charge on any atom is 0.539 e. The molecule has 1 fully saturated rings. The predicted molar refractivity (Wildman–Crippen MR) is 111 cm³/mol. The van der Waals surface area contributed by atoms with Gasteiger partial charge in [0.2, 0.25) is 0 Å². The maximum atomic E-state index is 12.5. The normalized spacial score (nSPS) is 30.3. The van der Waals surface area contributed by atoms with Crippen LogP contribution in [0.5, 0.6) is 0 Å². The zero-order chi connectivity index (χ0) is 20.9. The Balaban J connectivity index is 2.72. The molecular weight excluding hydrogens is 441 g/mol. The molecule has 1 saturated heterocycles. The Kier molecular flexibility index (Phi) is 9.70. The van der Waals surface area contributed by atoms with Gasteiger partial charge in [0, 0.05) is 27.4 Å². The molecule has 3 unspecified atom stereocenters. The van der Waals surface area contributed by atoms with Crippen molar-refractivity contribution in [3.8, 4) is 0 Å². The van der Waals surface area contributed by atoms with E-state index >= 15 is 0 Å². The molecule has 9 nitrogen and oxygen atoms in total. The molecule has 14 heteroatoms. The molecule has 1 aliphatic heterocycles. The van der Waals surface area contributed by atoms with Gasteiger partial charge in [0.15, 0.2) is 6.23 Å². The van der Waals surface area contributed by atoms with Gasteiger partial charge < -0.3 is 34.5 Å². The highest BCUT2D eigenvalue weighted by atomic mass is 28.5. The average molecular weight is 475 g/mol. The topological polar surface area (TPSA) is 90.9 Å². The third kappa shape index (κ3) is 7.90. The second-order valence-corrected chi connectivity index (χ2v) is 21.5. The van der Waals surface area contributed by atoms with Gasteiger partial charge >= 0.3 is 50.5 Å². The second-order valence-electron chi connectivity index (χ2n) is 7.15. The fourth-order valence-electron chi connectivity index (χ4n) is 3.07. The molecule has 0 spiro atoms. The first-order valence-electron chi connectivity index (χ1n) is 8.93. The van der Waals surface area contributed by atoms with E-state index in [9.17, 15) is 4.79 Å². The van der Waals surface area contributed by atoms with E-state index in [0.29, 0.717) is 6.04 Å². The van der Waals surface area contributed by atoms with Crippen molar-refractivity contribution >= 4 is 50.5 Å². The first kappa shape index (κ1) is 25.3. The average Bonchev–Trinajstić information content (AvgIpc) is 2.53. The van der Waals surface area contributed by atoms with E-state index in [0.717, 1.165) is 0 Å². The molecule has 0 aromatic rings. The first-order chi connectivity index (χ1) is 12.4. The van der Waals surface area contributed by atoms with Crippen LogP contribution in [0.3, 0.4) is 0 Å². The van der Waals surface area contributed by atoms with Crippen LogP contribution in [0.4, 0.5) is 0 Å². The number of ether oxygens (including phenoxy) is 1. The van der Waals surface area contributed by atoms with Gasteiger partial charge in [0.25, 0.3) is 0 Å². The van der Waals surface area contributed by atoms with Crippen molar-refractivity contribution in [2.75, 3.05) is 27.6 Å². The van der Waals surface area contributed by atoms with Gasteiger partial charge in [-0.25, -0.2) is 0 Å². The number of carbonyl (C=O) groups excluding carboxylic acids is 1. The van der Waals surface area contributed by atoms with E-state index in [2.05, 4.69) is 0 Å². The Morgan fingerprint density at radius 2 is 1.41 bits per heavy atom. The van der Waals surface area contributed by atoms with Crippen LogP contribution in [0.25, 0.3) is 0 Å². The Bertz CT molecular complexity index is 467. The number of hydrogen-bond donors (Lipinski definition) is 0. The van der Waals surface area contributed by atoms with Gasteiger partial charge in [-0.1, -0.05) is 6.92 Å². The Labute approximate surface area is 169 Å². The van der Waals surface area contributed by atoms with Gasteiger partial charge in [-0.05, 0) is 32.7 Å². The summed E-state index contributed by atoms with van der Waals surface area (Å²) in [5.74, 6) is -0.757. The lowest BCUT2D eigenvalue weighted by molar-refractivity contribution is -0.147. The standard InChI is InChI=1S/C13H34O9Si5/c1-12(13(14)18-11-27(15-2,16-3)17-4)10-26(9)21-23(5)19-25(7,8)20-24(6)22-26/h12,23-24H,10-11H2,1-9H3. The van der Waals surface area contributed by atoms with Gasteiger partial charge in [-0.2, -0.15) is 0 Å². The van der Waals surface area contributed by atoms with Crippen molar-refractivity contribution in [3.63, 3.8) is 0 Å². The van der Waals surface area contributed by atoms with E-state index in [4.69, 9.17) is 34.5 Å². The van der Waals surface area contributed by atoms with Crippen LogP contribution in [0.2, 0.25) is 38.8 Å². The monoisotopic (exact) mass is 474 g/mol. The smallest absolute Gasteiger partial charge is 0.461 e. The van der Waals surface area contributed by atoms with Gasteiger partial charge in [-0.3, -0.25) is 4.79 Å². The molecule has 1 heterocycles. The van der Waals surface area contributed by atoms with Crippen molar-refractivity contribution in [2.24, 2.45) is 5.92 Å². The maximum absolute atomic E-state index is 12.5. The van der Waals surface area contributed by atoms with E-state index in [1.165, 1.54) is 21.3 Å². The Morgan fingerprint density at radius 1 is 0.963 bits per heavy atom. The SMILES string of the molecule is CO[Si](COC(=O)C(C)C[Si]1(C)O[SiH](C)O[Si](C)(C)O[SiH](C)O1)(OC)OC. The minimum atomic E-state index is -2.97. The van der Waals surface area contributed by atoms with Crippen molar-refractivity contribution in [3.05, 3.63) is 0 Å². The lowest BCUT2D eigenvalue weighted by atomic mass is 10.2. The Morgan fingerprint density at radius 3 is 1.81 bits per heavy atom. The molecule has 0 bridgehead atoms. The summed E-state index contributed by atoms with van der Waals surface area (Å²) in [4.78, 5) is 12.5.